The highest BCUT2D eigenvalue weighted by Gasteiger charge is 2.44. The number of piperazine rings is 1. The van der Waals surface area contributed by atoms with Gasteiger partial charge in [-0.1, -0.05) is 35.9 Å². The van der Waals surface area contributed by atoms with Crippen LogP contribution in [0.2, 0.25) is 5.02 Å². The van der Waals surface area contributed by atoms with E-state index in [1.807, 2.05) is 24.3 Å². The van der Waals surface area contributed by atoms with Gasteiger partial charge in [0, 0.05) is 31.6 Å². The second kappa shape index (κ2) is 14.4. The van der Waals surface area contributed by atoms with Crippen molar-refractivity contribution in [2.45, 2.75) is 51.1 Å². The number of aromatic nitrogens is 3. The minimum absolute atomic E-state index is 0.0344. The number of nitrogens with zero attached hydrogens (tertiary/aromatic N) is 6. The van der Waals surface area contributed by atoms with Gasteiger partial charge in [-0.2, -0.15) is 27.5 Å². The normalized spacial score (nSPS) is 16.9. The molecule has 3 aromatic carbocycles. The summed E-state index contributed by atoms with van der Waals surface area (Å²) in [5.74, 6) is -0.0135. The molecule has 54 heavy (non-hydrogen) atoms. The van der Waals surface area contributed by atoms with Crippen molar-refractivity contribution in [1.82, 2.24) is 19.9 Å². The fourth-order valence-electron chi connectivity index (χ4n) is 7.48. The van der Waals surface area contributed by atoms with Crippen LogP contribution in [0, 0.1) is 18.8 Å². The van der Waals surface area contributed by atoms with Gasteiger partial charge in [0.1, 0.15) is 28.7 Å². The molecule has 2 bridgehead atoms. The molecule has 2 fully saturated rings. The lowest BCUT2D eigenvalue weighted by molar-refractivity contribution is -0.137. The molecule has 1 N–H and O–H groups in total. The first-order valence-electron chi connectivity index (χ1n) is 17.0. The van der Waals surface area contributed by atoms with E-state index in [1.165, 1.54) is 38.2 Å². The number of aryl methyl sites for hydroxylation is 1. The van der Waals surface area contributed by atoms with Crippen LogP contribution in [-0.4, -0.2) is 70.4 Å². The molecule has 7 rings (SSSR count). The zero-order valence-electron chi connectivity index (χ0n) is 29.3. The van der Waals surface area contributed by atoms with E-state index in [4.69, 9.17) is 21.1 Å². The summed E-state index contributed by atoms with van der Waals surface area (Å²) in [5, 5.41) is 9.24. The van der Waals surface area contributed by atoms with Crippen LogP contribution in [0.4, 0.5) is 38.4 Å². The quantitative estimate of drug-likeness (QED) is 0.117. The standard InChI is InChI=1S/C38H34ClF5N6O4/c1-20-14-29(48(16-21-4-10-25(53-2)11-5-21)17-22-6-12-26(54-3)13-7-22)45-34(31(20)38(42,43)44)30-28(39)15-27-33(32(30)40)46-36(41)47-35(27)49-18-23-8-9-24(19-49)50(23)37(51)52/h4-7,10-15,23-24H,8-9,16-19H2,1-3H3,(H,51,52)/t23-,24+. The largest absolute Gasteiger partial charge is 0.497 e. The number of hydrogen-bond donors (Lipinski definition) is 1. The SMILES string of the molecule is COc1ccc(CN(Cc2ccc(OC)cc2)c2cc(C)c(C(F)(F)F)c(-c3c(Cl)cc4c(N5C[C@H]6CC[C@@H](C5)N6C(=O)O)nc(F)nc4c3F)n2)cc1. The van der Waals surface area contributed by atoms with E-state index in [9.17, 15) is 23.1 Å². The zero-order valence-corrected chi connectivity index (χ0v) is 30.0. The highest BCUT2D eigenvalue weighted by atomic mass is 35.5. The van der Waals surface area contributed by atoms with Crippen molar-refractivity contribution in [2.24, 2.45) is 0 Å². The number of benzene rings is 3. The van der Waals surface area contributed by atoms with E-state index in [0.29, 0.717) is 24.3 Å². The molecule has 0 aliphatic carbocycles. The van der Waals surface area contributed by atoms with Crippen LogP contribution in [-0.2, 0) is 19.3 Å². The molecular weight excluding hydrogens is 735 g/mol. The number of amides is 1. The Morgan fingerprint density at radius 3 is 1.96 bits per heavy atom. The van der Waals surface area contributed by atoms with Crippen molar-refractivity contribution < 1.29 is 41.3 Å². The van der Waals surface area contributed by atoms with Gasteiger partial charge in [-0.25, -0.2) is 14.2 Å². The summed E-state index contributed by atoms with van der Waals surface area (Å²) in [4.78, 5) is 28.7. The maximum atomic E-state index is 16.9. The van der Waals surface area contributed by atoms with Gasteiger partial charge in [-0.15, -0.1) is 0 Å². The highest BCUT2D eigenvalue weighted by Crippen LogP contribution is 2.45. The molecule has 0 spiro atoms. The number of fused-ring (bicyclic) bond motifs is 3. The van der Waals surface area contributed by atoms with Crippen LogP contribution in [0.15, 0.2) is 60.7 Å². The Hall–Kier alpha value is -5.44. The Balaban J connectivity index is 1.36. The van der Waals surface area contributed by atoms with Crippen molar-refractivity contribution in [3.05, 3.63) is 99.8 Å². The first-order valence-corrected chi connectivity index (χ1v) is 17.3. The predicted octanol–water partition coefficient (Wildman–Crippen LogP) is 8.51. The topological polar surface area (TPSA) is 104 Å². The summed E-state index contributed by atoms with van der Waals surface area (Å²) in [7, 11) is 3.07. The monoisotopic (exact) mass is 768 g/mol. The van der Waals surface area contributed by atoms with Gasteiger partial charge in [0.25, 0.3) is 0 Å². The third-order valence-electron chi connectivity index (χ3n) is 9.95. The minimum Gasteiger partial charge on any atom is -0.497 e. The predicted molar refractivity (Wildman–Crippen MR) is 192 cm³/mol. The molecule has 2 aromatic heterocycles. The number of halogens is 6. The Morgan fingerprint density at radius 1 is 0.907 bits per heavy atom. The Bertz CT molecular complexity index is 2160. The summed E-state index contributed by atoms with van der Waals surface area (Å²) < 4.78 is 87.2. The van der Waals surface area contributed by atoms with Crippen LogP contribution >= 0.6 is 11.6 Å². The zero-order chi connectivity index (χ0) is 38.5. The maximum Gasteiger partial charge on any atom is 0.418 e. The third-order valence-corrected chi connectivity index (χ3v) is 10.2. The van der Waals surface area contributed by atoms with Crippen LogP contribution < -0.4 is 19.3 Å². The lowest BCUT2D eigenvalue weighted by Crippen LogP contribution is -2.55. The third kappa shape index (κ3) is 6.99. The first-order chi connectivity index (χ1) is 25.7. The molecule has 2 aliphatic rings. The van der Waals surface area contributed by atoms with Gasteiger partial charge < -0.3 is 24.4 Å². The van der Waals surface area contributed by atoms with E-state index in [0.717, 1.165) is 11.1 Å². The number of ether oxygens (including phenoxy) is 2. The number of hydrogen-bond acceptors (Lipinski definition) is 8. The van der Waals surface area contributed by atoms with Crippen molar-refractivity contribution in [1.29, 1.82) is 0 Å². The highest BCUT2D eigenvalue weighted by molar-refractivity contribution is 6.34. The van der Waals surface area contributed by atoms with Crippen LogP contribution in [0.5, 0.6) is 11.5 Å². The van der Waals surface area contributed by atoms with Gasteiger partial charge >= 0.3 is 18.3 Å². The second-order valence-electron chi connectivity index (χ2n) is 13.3. The Kier molecular flexibility index (Phi) is 9.85. The molecule has 0 radical (unpaired) electrons. The number of methoxy groups -OCH3 is 2. The number of carbonyl (C=O) groups is 1. The lowest BCUT2D eigenvalue weighted by Gasteiger charge is -2.40. The van der Waals surface area contributed by atoms with Gasteiger partial charge in [0.15, 0.2) is 5.82 Å². The number of pyridine rings is 1. The van der Waals surface area contributed by atoms with Crippen molar-refractivity contribution in [3.63, 3.8) is 0 Å². The first kappa shape index (κ1) is 36.9. The molecule has 2 atom stereocenters. The molecule has 1 amide bonds. The van der Waals surface area contributed by atoms with Crippen LogP contribution in [0.1, 0.15) is 35.1 Å². The Labute approximate surface area is 311 Å². The number of anilines is 2. The maximum absolute atomic E-state index is 16.9. The molecule has 0 unspecified atom stereocenters. The molecule has 4 heterocycles. The molecular formula is C38H34ClF5N6O4. The van der Waals surface area contributed by atoms with E-state index in [2.05, 4.69) is 15.0 Å². The Morgan fingerprint density at radius 2 is 1.46 bits per heavy atom. The van der Waals surface area contributed by atoms with Gasteiger partial charge in [0.2, 0.25) is 0 Å². The molecule has 282 valence electrons. The van der Waals surface area contributed by atoms with E-state index in [-0.39, 0.29) is 48.8 Å². The van der Waals surface area contributed by atoms with Crippen molar-refractivity contribution >= 4 is 40.2 Å². The van der Waals surface area contributed by atoms with Crippen molar-refractivity contribution in [2.75, 3.05) is 37.1 Å². The van der Waals surface area contributed by atoms with E-state index >= 15 is 8.78 Å². The average Bonchev–Trinajstić information content (AvgIpc) is 3.41. The van der Waals surface area contributed by atoms with Gasteiger partial charge in [-0.05, 0) is 72.9 Å². The van der Waals surface area contributed by atoms with E-state index in [1.54, 1.807) is 34.1 Å². The number of rotatable bonds is 9. The molecule has 2 saturated heterocycles. The van der Waals surface area contributed by atoms with Crippen molar-refractivity contribution in [3.8, 4) is 22.8 Å². The summed E-state index contributed by atoms with van der Waals surface area (Å²) in [6.45, 7) is 1.94. The summed E-state index contributed by atoms with van der Waals surface area (Å²) in [5.41, 5.74) is -1.95. The minimum atomic E-state index is -4.99. The van der Waals surface area contributed by atoms with Crippen LogP contribution in [0.3, 0.4) is 0 Å². The van der Waals surface area contributed by atoms with E-state index < -0.39 is 63.6 Å². The summed E-state index contributed by atoms with van der Waals surface area (Å²) in [6, 6.07) is 16.0. The average molecular weight is 769 g/mol. The van der Waals surface area contributed by atoms with Crippen LogP contribution in [0.25, 0.3) is 22.2 Å². The summed E-state index contributed by atoms with van der Waals surface area (Å²) in [6.07, 6.45) is -6.22. The molecule has 5 aromatic rings. The lowest BCUT2D eigenvalue weighted by atomic mass is 9.98. The second-order valence-corrected chi connectivity index (χ2v) is 13.7. The van der Waals surface area contributed by atoms with Gasteiger partial charge in [0.05, 0.1) is 48.1 Å². The number of alkyl halides is 3. The fraction of sp³-hybridized carbons (Fsp3) is 0.316. The number of carboxylic acid groups (broad SMARTS) is 1. The molecule has 2 aliphatic heterocycles. The summed E-state index contributed by atoms with van der Waals surface area (Å²) >= 11 is 6.71. The smallest absolute Gasteiger partial charge is 0.418 e. The van der Waals surface area contributed by atoms with Gasteiger partial charge in [-0.3, -0.25) is 4.90 Å². The molecule has 16 heteroatoms. The fourth-order valence-corrected chi connectivity index (χ4v) is 7.76. The molecule has 10 nitrogen and oxygen atoms in total. The molecule has 0 saturated carbocycles.